The van der Waals surface area contributed by atoms with E-state index in [2.05, 4.69) is 35.4 Å². The number of H-pyrrole nitrogens is 1. The molecule has 4 nitrogen and oxygen atoms in total. The van der Waals surface area contributed by atoms with Gasteiger partial charge in [-0.2, -0.15) is 0 Å². The Morgan fingerprint density at radius 2 is 2.10 bits per heavy atom. The van der Waals surface area contributed by atoms with Crippen molar-refractivity contribution < 1.29 is 9.53 Å². The fourth-order valence-electron chi connectivity index (χ4n) is 2.11. The second-order valence-corrected chi connectivity index (χ2v) is 6.04. The molecule has 20 heavy (non-hydrogen) atoms. The van der Waals surface area contributed by atoms with Crippen LogP contribution in [0.2, 0.25) is 0 Å². The van der Waals surface area contributed by atoms with E-state index in [-0.39, 0.29) is 6.09 Å². The van der Waals surface area contributed by atoms with Crippen LogP contribution in [0.5, 0.6) is 0 Å². The molecule has 0 atom stereocenters. The summed E-state index contributed by atoms with van der Waals surface area (Å²) in [4.78, 5) is 14.8. The molecule has 0 bridgehead atoms. The molecule has 2 N–H and O–H groups in total. The number of rotatable bonds is 3. The van der Waals surface area contributed by atoms with E-state index in [1.807, 2.05) is 27.0 Å². The molecule has 1 heterocycles. The number of nitrogens with one attached hydrogen (secondary N) is 2. The van der Waals surface area contributed by atoms with Crippen LogP contribution >= 0.6 is 0 Å². The molecule has 1 aromatic heterocycles. The highest BCUT2D eigenvalue weighted by Gasteiger charge is 2.15. The van der Waals surface area contributed by atoms with Gasteiger partial charge in [-0.3, -0.25) is 0 Å². The van der Waals surface area contributed by atoms with Gasteiger partial charge >= 0.3 is 6.09 Å². The van der Waals surface area contributed by atoms with E-state index in [1.165, 1.54) is 16.5 Å². The topological polar surface area (TPSA) is 54.1 Å². The van der Waals surface area contributed by atoms with Gasteiger partial charge in [-0.1, -0.05) is 11.6 Å². The van der Waals surface area contributed by atoms with Crippen molar-refractivity contribution in [2.24, 2.45) is 0 Å². The van der Waals surface area contributed by atoms with Crippen molar-refractivity contribution in [3.63, 3.8) is 0 Å². The number of carbonyl (C=O) groups excluding carboxylic acids is 1. The van der Waals surface area contributed by atoms with Crippen molar-refractivity contribution >= 4 is 17.0 Å². The second kappa shape index (κ2) is 5.57. The summed E-state index contributed by atoms with van der Waals surface area (Å²) < 4.78 is 5.21. The van der Waals surface area contributed by atoms with E-state index in [9.17, 15) is 4.79 Å². The fourth-order valence-corrected chi connectivity index (χ4v) is 2.11. The number of aryl methyl sites for hydroxylation is 1. The molecular weight excluding hydrogens is 252 g/mol. The van der Waals surface area contributed by atoms with Gasteiger partial charge in [0.2, 0.25) is 0 Å². The number of ether oxygens (including phenoxy) is 1. The van der Waals surface area contributed by atoms with Gasteiger partial charge in [0.1, 0.15) is 5.60 Å². The van der Waals surface area contributed by atoms with E-state index in [1.54, 1.807) is 0 Å². The Hall–Kier alpha value is -1.97. The Balaban J connectivity index is 1.93. The van der Waals surface area contributed by atoms with Gasteiger partial charge < -0.3 is 15.0 Å². The summed E-state index contributed by atoms with van der Waals surface area (Å²) in [6, 6.07) is 6.33. The lowest BCUT2D eigenvalue weighted by molar-refractivity contribution is 0.0528. The number of benzene rings is 1. The lowest BCUT2D eigenvalue weighted by Crippen LogP contribution is -2.33. The highest BCUT2D eigenvalue weighted by Crippen LogP contribution is 2.19. The zero-order valence-electron chi connectivity index (χ0n) is 12.5. The van der Waals surface area contributed by atoms with Crippen molar-refractivity contribution in [1.29, 1.82) is 0 Å². The number of carbonyl (C=O) groups is 1. The van der Waals surface area contributed by atoms with Gasteiger partial charge in [-0.15, -0.1) is 0 Å². The van der Waals surface area contributed by atoms with Crippen LogP contribution in [0.15, 0.2) is 24.4 Å². The summed E-state index contributed by atoms with van der Waals surface area (Å²) in [5.41, 5.74) is 3.11. The molecule has 0 radical (unpaired) electrons. The predicted octanol–water partition coefficient (Wildman–Crippen LogP) is 3.54. The standard InChI is InChI=1S/C16H22N2O2/c1-11-5-6-14-13(9-11)12(10-18-14)7-8-17-15(19)20-16(2,3)4/h5-6,9-10,18H,7-8H2,1-4H3,(H,17,19). The third kappa shape index (κ3) is 3.76. The lowest BCUT2D eigenvalue weighted by atomic mass is 10.1. The first-order chi connectivity index (χ1) is 9.35. The molecule has 0 saturated heterocycles. The molecule has 2 rings (SSSR count). The third-order valence-electron chi connectivity index (χ3n) is 2.99. The van der Waals surface area contributed by atoms with Crippen LogP contribution in [0.25, 0.3) is 10.9 Å². The maximum Gasteiger partial charge on any atom is 0.407 e. The summed E-state index contributed by atoms with van der Waals surface area (Å²) in [7, 11) is 0. The smallest absolute Gasteiger partial charge is 0.407 e. The van der Waals surface area contributed by atoms with Gasteiger partial charge in [0.25, 0.3) is 0 Å². The van der Waals surface area contributed by atoms with Gasteiger partial charge in [-0.05, 0) is 51.8 Å². The monoisotopic (exact) mass is 274 g/mol. The molecule has 108 valence electrons. The number of fused-ring (bicyclic) bond motifs is 1. The Kier molecular flexibility index (Phi) is 4.02. The fraction of sp³-hybridized carbons (Fsp3) is 0.438. The Morgan fingerprint density at radius 1 is 1.35 bits per heavy atom. The van der Waals surface area contributed by atoms with E-state index >= 15 is 0 Å². The molecule has 2 aromatic rings. The molecule has 0 aliphatic heterocycles. The van der Waals surface area contributed by atoms with Crippen molar-refractivity contribution in [2.75, 3.05) is 6.54 Å². The Morgan fingerprint density at radius 3 is 2.80 bits per heavy atom. The highest BCUT2D eigenvalue weighted by atomic mass is 16.6. The first-order valence-electron chi connectivity index (χ1n) is 6.88. The number of aromatic nitrogens is 1. The first-order valence-corrected chi connectivity index (χ1v) is 6.88. The summed E-state index contributed by atoms with van der Waals surface area (Å²) in [5.74, 6) is 0. The molecule has 4 heteroatoms. The van der Waals surface area contributed by atoms with E-state index in [4.69, 9.17) is 4.74 Å². The molecular formula is C16H22N2O2. The minimum absolute atomic E-state index is 0.367. The largest absolute Gasteiger partial charge is 0.444 e. The molecule has 1 aromatic carbocycles. The quantitative estimate of drug-likeness (QED) is 0.899. The minimum atomic E-state index is -0.456. The molecule has 0 fully saturated rings. The zero-order valence-corrected chi connectivity index (χ0v) is 12.5. The average molecular weight is 274 g/mol. The Labute approximate surface area is 119 Å². The maximum atomic E-state index is 11.6. The average Bonchev–Trinajstić information content (AvgIpc) is 2.69. The van der Waals surface area contributed by atoms with Crippen LogP contribution in [0.1, 0.15) is 31.9 Å². The molecule has 0 aliphatic carbocycles. The van der Waals surface area contributed by atoms with Gasteiger partial charge in [-0.25, -0.2) is 4.79 Å². The third-order valence-corrected chi connectivity index (χ3v) is 2.99. The van der Waals surface area contributed by atoms with Crippen LogP contribution in [-0.4, -0.2) is 23.2 Å². The molecule has 0 aliphatic rings. The van der Waals surface area contributed by atoms with Crippen molar-refractivity contribution in [3.8, 4) is 0 Å². The van der Waals surface area contributed by atoms with E-state index < -0.39 is 5.60 Å². The normalized spacial score (nSPS) is 11.6. The van der Waals surface area contributed by atoms with Crippen molar-refractivity contribution in [3.05, 3.63) is 35.5 Å². The van der Waals surface area contributed by atoms with Crippen LogP contribution in [-0.2, 0) is 11.2 Å². The van der Waals surface area contributed by atoms with Crippen LogP contribution < -0.4 is 5.32 Å². The summed E-state index contributed by atoms with van der Waals surface area (Å²) >= 11 is 0. The van der Waals surface area contributed by atoms with Crippen molar-refractivity contribution in [2.45, 2.75) is 39.7 Å². The summed E-state index contributed by atoms with van der Waals surface area (Å²) in [6.45, 7) is 8.21. The lowest BCUT2D eigenvalue weighted by Gasteiger charge is -2.19. The van der Waals surface area contributed by atoms with Gasteiger partial charge in [0, 0.05) is 23.6 Å². The summed E-state index contributed by atoms with van der Waals surface area (Å²) in [6.07, 6.45) is 2.41. The second-order valence-electron chi connectivity index (χ2n) is 6.04. The van der Waals surface area contributed by atoms with Gasteiger partial charge in [0.05, 0.1) is 0 Å². The maximum absolute atomic E-state index is 11.6. The zero-order chi connectivity index (χ0) is 14.8. The molecule has 0 unspecified atom stereocenters. The molecule has 1 amide bonds. The van der Waals surface area contributed by atoms with Crippen molar-refractivity contribution in [1.82, 2.24) is 10.3 Å². The van der Waals surface area contributed by atoms with Crippen LogP contribution in [0.3, 0.4) is 0 Å². The molecule has 0 saturated carbocycles. The SMILES string of the molecule is Cc1ccc2[nH]cc(CCNC(=O)OC(C)(C)C)c2c1. The summed E-state index contributed by atoms with van der Waals surface area (Å²) in [5, 5.41) is 4.00. The first kappa shape index (κ1) is 14.4. The number of alkyl carbamates (subject to hydrolysis) is 1. The predicted molar refractivity (Wildman–Crippen MR) is 81.0 cm³/mol. The van der Waals surface area contributed by atoms with E-state index in [0.717, 1.165) is 11.9 Å². The molecule has 0 spiro atoms. The van der Waals surface area contributed by atoms with Crippen LogP contribution in [0.4, 0.5) is 4.79 Å². The van der Waals surface area contributed by atoms with Crippen LogP contribution in [0, 0.1) is 6.92 Å². The highest BCUT2D eigenvalue weighted by molar-refractivity contribution is 5.83. The number of amides is 1. The minimum Gasteiger partial charge on any atom is -0.444 e. The Bertz CT molecular complexity index is 608. The van der Waals surface area contributed by atoms with Gasteiger partial charge in [0.15, 0.2) is 0 Å². The van der Waals surface area contributed by atoms with E-state index in [0.29, 0.717) is 6.54 Å². The number of hydrogen-bond donors (Lipinski definition) is 2. The number of hydrogen-bond acceptors (Lipinski definition) is 2. The number of aromatic amines is 1.